The van der Waals surface area contributed by atoms with Crippen molar-refractivity contribution >= 4 is 29.8 Å². The van der Waals surface area contributed by atoms with Crippen molar-refractivity contribution in [3.05, 3.63) is 35.5 Å². The van der Waals surface area contributed by atoms with Gasteiger partial charge in [-0.05, 0) is 75.7 Å². The molecule has 0 aromatic carbocycles. The Morgan fingerprint density at radius 2 is 2.03 bits per heavy atom. The third kappa shape index (κ3) is 5.97. The van der Waals surface area contributed by atoms with Crippen molar-refractivity contribution in [1.82, 2.24) is 15.3 Å². The first-order valence-corrected chi connectivity index (χ1v) is 15.3. The summed E-state index contributed by atoms with van der Waals surface area (Å²) in [4.78, 5) is 32.8. The largest absolute Gasteiger partial charge is 0.444 e. The smallest absolute Gasteiger partial charge is 0.424 e. The Bertz CT molecular complexity index is 1070. The Kier molecular flexibility index (Phi) is 8.12. The van der Waals surface area contributed by atoms with Crippen LogP contribution in [0.4, 0.5) is 9.18 Å². The molecule has 2 amide bonds. The molecule has 7 nitrogen and oxygen atoms in total. The van der Waals surface area contributed by atoms with E-state index in [1.807, 2.05) is 12.2 Å². The van der Waals surface area contributed by atoms with E-state index in [0.717, 1.165) is 68.9 Å². The van der Waals surface area contributed by atoms with Gasteiger partial charge in [-0.15, -0.1) is 11.6 Å². The van der Waals surface area contributed by atoms with Crippen LogP contribution in [0.5, 0.6) is 0 Å². The van der Waals surface area contributed by atoms with E-state index >= 15 is 0 Å². The first-order valence-electron chi connectivity index (χ1n) is 14.8. The maximum Gasteiger partial charge on any atom is 0.424 e. The van der Waals surface area contributed by atoms with Gasteiger partial charge in [0.2, 0.25) is 5.91 Å². The molecule has 212 valence electrons. The second-order valence-corrected chi connectivity index (χ2v) is 12.7. The molecule has 0 bridgehead atoms. The number of amides is 2. The van der Waals surface area contributed by atoms with Crippen LogP contribution >= 0.6 is 11.6 Å². The number of fused-ring (bicyclic) bond motifs is 1. The Balaban J connectivity index is 1.04. The number of ether oxygens (including phenoxy) is 1. The summed E-state index contributed by atoms with van der Waals surface area (Å²) in [5.41, 5.74) is 5.58. The highest BCUT2D eigenvalue weighted by atomic mass is 35.5. The summed E-state index contributed by atoms with van der Waals surface area (Å²) in [6.07, 6.45) is 17.2. The molecule has 39 heavy (non-hydrogen) atoms. The van der Waals surface area contributed by atoms with Crippen LogP contribution in [0.3, 0.4) is 0 Å². The molecule has 0 radical (unpaired) electrons. The van der Waals surface area contributed by atoms with Crippen LogP contribution in [0.1, 0.15) is 64.2 Å². The lowest BCUT2D eigenvalue weighted by atomic mass is 9.78. The molecule has 2 saturated carbocycles. The average Bonchev–Trinajstić information content (AvgIpc) is 3.69. The first-order chi connectivity index (χ1) is 19.0. The van der Waals surface area contributed by atoms with Gasteiger partial charge in [0, 0.05) is 42.7 Å². The minimum Gasteiger partial charge on any atom is -0.444 e. The highest BCUT2D eigenvalue weighted by Gasteiger charge is 2.46. The molecule has 3 fully saturated rings. The third-order valence-corrected chi connectivity index (χ3v) is 9.88. The number of nitrogens with zero attached hydrogens (tertiary/aromatic N) is 3. The standard InChI is InChI=1S/C30H40ClFN4O3/c31-25-15-33-16-26(32)28(25)20-6-8-21(9-7-20)29(37)36(23-10-11-23)24-12-13-27-22(14-24)17-35(34-27)30(38)39-18-19-4-2-1-3-5-19/h1-2,4,6,16,21-28,34H,3,5,7-15,17-18H2. The number of aliphatic imine (C=N–C) groups is 1. The van der Waals surface area contributed by atoms with E-state index in [1.165, 1.54) is 6.21 Å². The molecule has 2 aliphatic heterocycles. The van der Waals surface area contributed by atoms with Crippen molar-refractivity contribution in [3.8, 4) is 0 Å². The molecule has 0 aromatic heterocycles. The second-order valence-electron chi connectivity index (χ2n) is 12.1. The number of carbonyl (C=O) groups is 2. The van der Waals surface area contributed by atoms with Gasteiger partial charge >= 0.3 is 6.09 Å². The predicted octanol–water partition coefficient (Wildman–Crippen LogP) is 5.12. The lowest BCUT2D eigenvalue weighted by Gasteiger charge is -2.41. The summed E-state index contributed by atoms with van der Waals surface area (Å²) in [7, 11) is 0. The normalized spacial score (nSPS) is 36.2. The summed E-state index contributed by atoms with van der Waals surface area (Å²) >= 11 is 6.43. The number of nitrogens with one attached hydrogen (secondary N) is 1. The van der Waals surface area contributed by atoms with Crippen LogP contribution < -0.4 is 5.43 Å². The highest BCUT2D eigenvalue weighted by Crippen LogP contribution is 2.41. The van der Waals surface area contributed by atoms with Crippen LogP contribution in [0, 0.1) is 17.8 Å². The van der Waals surface area contributed by atoms with Crippen molar-refractivity contribution < 1.29 is 18.7 Å². The number of alkyl halides is 2. The maximum atomic E-state index is 14.5. The zero-order chi connectivity index (χ0) is 26.9. The van der Waals surface area contributed by atoms with Crippen LogP contribution in [0.15, 0.2) is 40.4 Å². The van der Waals surface area contributed by atoms with Crippen LogP contribution in [0.25, 0.3) is 0 Å². The molecule has 6 aliphatic rings. The number of hydrazine groups is 1. The quantitative estimate of drug-likeness (QED) is 0.363. The molecule has 6 rings (SSSR count). The van der Waals surface area contributed by atoms with E-state index in [-0.39, 0.29) is 41.3 Å². The van der Waals surface area contributed by atoms with Gasteiger partial charge in [-0.25, -0.2) is 19.6 Å². The Labute approximate surface area is 235 Å². The van der Waals surface area contributed by atoms with Crippen molar-refractivity contribution in [1.29, 1.82) is 0 Å². The van der Waals surface area contributed by atoms with Gasteiger partial charge in [0.25, 0.3) is 0 Å². The van der Waals surface area contributed by atoms with Crippen molar-refractivity contribution in [2.45, 2.75) is 93.9 Å². The fourth-order valence-electron chi connectivity index (χ4n) is 7.19. The summed E-state index contributed by atoms with van der Waals surface area (Å²) in [5, 5.41) is 1.33. The highest BCUT2D eigenvalue weighted by molar-refractivity contribution is 6.21. The van der Waals surface area contributed by atoms with Crippen LogP contribution in [-0.2, 0) is 9.53 Å². The van der Waals surface area contributed by atoms with Gasteiger partial charge in [-0.3, -0.25) is 9.79 Å². The Morgan fingerprint density at radius 1 is 1.18 bits per heavy atom. The molecular formula is C30H40ClFN4O3. The summed E-state index contributed by atoms with van der Waals surface area (Å²) in [6, 6.07) is 0.804. The van der Waals surface area contributed by atoms with E-state index in [2.05, 4.69) is 27.5 Å². The zero-order valence-electron chi connectivity index (χ0n) is 22.5. The zero-order valence-corrected chi connectivity index (χ0v) is 23.3. The Morgan fingerprint density at radius 3 is 2.74 bits per heavy atom. The lowest BCUT2D eigenvalue weighted by Crippen LogP contribution is -2.50. The second kappa shape index (κ2) is 11.7. The fraction of sp³-hybridized carbons (Fsp3) is 0.700. The van der Waals surface area contributed by atoms with Gasteiger partial charge < -0.3 is 9.64 Å². The van der Waals surface area contributed by atoms with Crippen LogP contribution in [0.2, 0.25) is 0 Å². The molecule has 7 unspecified atom stereocenters. The van der Waals surface area contributed by atoms with E-state index in [4.69, 9.17) is 16.3 Å². The minimum absolute atomic E-state index is 0.0479. The summed E-state index contributed by atoms with van der Waals surface area (Å²) < 4.78 is 20.1. The van der Waals surface area contributed by atoms with Crippen molar-refractivity contribution in [3.63, 3.8) is 0 Å². The molecule has 2 heterocycles. The molecule has 4 aliphatic carbocycles. The topological polar surface area (TPSA) is 74.2 Å². The number of hydrogen-bond donors (Lipinski definition) is 1. The molecular weight excluding hydrogens is 519 g/mol. The van der Waals surface area contributed by atoms with Gasteiger partial charge in [0.15, 0.2) is 0 Å². The minimum atomic E-state index is -1.14. The number of carbonyl (C=O) groups excluding carboxylic acids is 2. The average molecular weight is 559 g/mol. The predicted molar refractivity (Wildman–Crippen MR) is 149 cm³/mol. The van der Waals surface area contributed by atoms with E-state index in [0.29, 0.717) is 38.1 Å². The van der Waals surface area contributed by atoms with Gasteiger partial charge in [-0.1, -0.05) is 29.9 Å². The lowest BCUT2D eigenvalue weighted by molar-refractivity contribution is -0.140. The monoisotopic (exact) mass is 558 g/mol. The third-order valence-electron chi connectivity index (χ3n) is 9.47. The fourth-order valence-corrected chi connectivity index (χ4v) is 7.57. The SMILES string of the molecule is O=C(OCC1=CC=CCC1)N1CC2CC(N(C(=O)C3CC=C(C4C(F)C=NCC4Cl)CC3)C3CC3)CCC2N1. The summed E-state index contributed by atoms with van der Waals surface area (Å²) in [5.74, 6) is 0.205. The Hall–Kier alpha value is -2.19. The molecule has 0 spiro atoms. The molecule has 1 N–H and O–H groups in total. The molecule has 1 saturated heterocycles. The van der Waals surface area contributed by atoms with Crippen molar-refractivity contribution in [2.75, 3.05) is 19.7 Å². The maximum absolute atomic E-state index is 14.5. The van der Waals surface area contributed by atoms with E-state index in [1.54, 1.807) is 5.01 Å². The first kappa shape index (κ1) is 27.0. The van der Waals surface area contributed by atoms with E-state index in [9.17, 15) is 14.0 Å². The number of hydrogen-bond acceptors (Lipinski definition) is 5. The molecule has 7 atom stereocenters. The molecule has 9 heteroatoms. The molecule has 0 aromatic rings. The van der Waals surface area contributed by atoms with Gasteiger partial charge in [0.05, 0.1) is 11.9 Å². The number of rotatable bonds is 6. The van der Waals surface area contributed by atoms with Crippen molar-refractivity contribution in [2.24, 2.45) is 22.7 Å². The number of allylic oxidation sites excluding steroid dienone is 5. The number of halogens is 2. The van der Waals surface area contributed by atoms with Crippen LogP contribution in [-0.4, -0.2) is 77.5 Å². The van der Waals surface area contributed by atoms with E-state index < -0.39 is 6.17 Å². The van der Waals surface area contributed by atoms with Gasteiger partial charge in [-0.2, -0.15) is 0 Å². The van der Waals surface area contributed by atoms with Gasteiger partial charge in [0.1, 0.15) is 12.8 Å². The summed E-state index contributed by atoms with van der Waals surface area (Å²) in [6.45, 7) is 1.41.